The molecule has 1 aromatic heterocycles. The average molecular weight is 306 g/mol. The minimum Gasteiger partial charge on any atom is -0.292 e. The van der Waals surface area contributed by atoms with Gasteiger partial charge in [-0.15, -0.1) is 11.3 Å². The smallest absolute Gasteiger partial charge is 0.185 e. The molecule has 0 saturated heterocycles. The van der Waals surface area contributed by atoms with Gasteiger partial charge in [0.2, 0.25) is 0 Å². The van der Waals surface area contributed by atoms with Crippen molar-refractivity contribution in [1.29, 1.82) is 0 Å². The van der Waals surface area contributed by atoms with Crippen LogP contribution < -0.4 is 0 Å². The van der Waals surface area contributed by atoms with Crippen LogP contribution >= 0.6 is 11.3 Å². The van der Waals surface area contributed by atoms with Crippen molar-refractivity contribution in [1.82, 2.24) is 0 Å². The zero-order valence-electron chi connectivity index (χ0n) is 11.9. The van der Waals surface area contributed by atoms with Crippen molar-refractivity contribution in [2.75, 3.05) is 5.75 Å². The highest BCUT2D eigenvalue weighted by Gasteiger charge is 2.14. The Labute approximate surface area is 126 Å². The minimum atomic E-state index is -1.27. The van der Waals surface area contributed by atoms with E-state index in [4.69, 9.17) is 0 Å². The van der Waals surface area contributed by atoms with Crippen LogP contribution in [0.3, 0.4) is 0 Å². The summed E-state index contributed by atoms with van der Waals surface area (Å²) < 4.78 is 12.3. The molecule has 0 spiro atoms. The van der Waals surface area contributed by atoms with Crippen LogP contribution in [0.1, 0.15) is 32.6 Å². The zero-order valence-corrected chi connectivity index (χ0v) is 13.6. The van der Waals surface area contributed by atoms with Gasteiger partial charge < -0.3 is 0 Å². The normalized spacial score (nSPS) is 12.3. The molecular weight excluding hydrogens is 288 g/mol. The maximum atomic E-state index is 12.3. The van der Waals surface area contributed by atoms with Gasteiger partial charge in [-0.2, -0.15) is 0 Å². The lowest BCUT2D eigenvalue weighted by molar-refractivity contribution is 0.102. The Morgan fingerprint density at radius 1 is 1.15 bits per heavy atom. The molecule has 4 heteroatoms. The first-order chi connectivity index (χ1) is 9.51. The number of benzene rings is 1. The first-order valence-electron chi connectivity index (χ1n) is 6.58. The summed E-state index contributed by atoms with van der Waals surface area (Å²) in [5, 5.41) is 0. The summed E-state index contributed by atoms with van der Waals surface area (Å²) in [6.07, 6.45) is 0.929. The molecule has 2 rings (SSSR count). The lowest BCUT2D eigenvalue weighted by Gasteiger charge is -2.04. The first-order valence-corrected chi connectivity index (χ1v) is 8.72. The summed E-state index contributed by atoms with van der Waals surface area (Å²) >= 11 is 1.50. The number of Topliss-reactive ketones (excluding diaryl/α,β-unsaturated/α-hetero) is 1. The predicted molar refractivity (Wildman–Crippen MR) is 85.2 cm³/mol. The van der Waals surface area contributed by atoms with E-state index in [0.29, 0.717) is 4.88 Å². The molecule has 0 radical (unpaired) electrons. The van der Waals surface area contributed by atoms with Gasteiger partial charge in [0.25, 0.3) is 0 Å². The summed E-state index contributed by atoms with van der Waals surface area (Å²) in [5.74, 6) is 0.0258. The molecule has 0 saturated carbocycles. The van der Waals surface area contributed by atoms with Gasteiger partial charge in [-0.25, -0.2) is 0 Å². The van der Waals surface area contributed by atoms with E-state index in [1.165, 1.54) is 21.8 Å². The molecule has 1 unspecified atom stereocenters. The molecule has 20 heavy (non-hydrogen) atoms. The van der Waals surface area contributed by atoms with Gasteiger partial charge in [0, 0.05) is 9.77 Å². The Kier molecular flexibility index (Phi) is 4.89. The van der Waals surface area contributed by atoms with E-state index in [1.807, 2.05) is 44.2 Å². The van der Waals surface area contributed by atoms with Crippen molar-refractivity contribution in [2.24, 2.45) is 0 Å². The lowest BCUT2D eigenvalue weighted by Crippen LogP contribution is -2.10. The molecule has 0 aliphatic heterocycles. The third-order valence-electron chi connectivity index (χ3n) is 3.29. The number of ketones is 1. The van der Waals surface area contributed by atoms with Gasteiger partial charge in [-0.05, 0) is 55.7 Å². The molecular formula is C16H18O2S2. The minimum absolute atomic E-state index is 0.0359. The Morgan fingerprint density at radius 3 is 2.50 bits per heavy atom. The molecule has 0 bridgehead atoms. The van der Waals surface area contributed by atoms with E-state index in [0.717, 1.165) is 16.9 Å². The summed E-state index contributed by atoms with van der Waals surface area (Å²) in [6.45, 7) is 6.07. The fourth-order valence-electron chi connectivity index (χ4n) is 1.85. The van der Waals surface area contributed by atoms with Gasteiger partial charge >= 0.3 is 0 Å². The van der Waals surface area contributed by atoms with Gasteiger partial charge in [0.15, 0.2) is 5.78 Å². The quantitative estimate of drug-likeness (QED) is 0.785. The monoisotopic (exact) mass is 306 g/mol. The number of aryl methyl sites for hydroxylation is 3. The highest BCUT2D eigenvalue weighted by atomic mass is 32.2. The second-order valence-electron chi connectivity index (χ2n) is 4.78. The van der Waals surface area contributed by atoms with Crippen LogP contribution in [-0.4, -0.2) is 15.7 Å². The molecule has 1 atom stereocenters. The Balaban J connectivity index is 2.10. The maximum absolute atomic E-state index is 12.3. The summed E-state index contributed by atoms with van der Waals surface area (Å²) in [6, 6.07) is 9.51. The molecule has 0 aliphatic rings. The molecule has 0 N–H and O–H groups in total. The van der Waals surface area contributed by atoms with Crippen molar-refractivity contribution in [3.05, 3.63) is 51.2 Å². The fraction of sp³-hybridized carbons (Fsp3) is 0.312. The van der Waals surface area contributed by atoms with E-state index in [9.17, 15) is 9.00 Å². The van der Waals surface area contributed by atoms with Gasteiger partial charge in [-0.3, -0.25) is 9.00 Å². The summed E-state index contributed by atoms with van der Waals surface area (Å²) in [7, 11) is -1.27. The SMILES string of the molecule is CCc1ccc(C(=O)CS(=O)c2ccc(C)c(C)c2)s1. The van der Waals surface area contributed by atoms with Crippen molar-refractivity contribution in [3.63, 3.8) is 0 Å². The highest BCUT2D eigenvalue weighted by Crippen LogP contribution is 2.19. The number of carbonyl (C=O) groups excluding carboxylic acids is 1. The molecule has 1 heterocycles. The van der Waals surface area contributed by atoms with Crippen molar-refractivity contribution in [3.8, 4) is 0 Å². The van der Waals surface area contributed by atoms with Crippen LogP contribution in [0.15, 0.2) is 35.2 Å². The molecule has 0 fully saturated rings. The largest absolute Gasteiger partial charge is 0.292 e. The van der Waals surface area contributed by atoms with Crippen molar-refractivity contribution in [2.45, 2.75) is 32.1 Å². The molecule has 0 aliphatic carbocycles. The highest BCUT2D eigenvalue weighted by molar-refractivity contribution is 7.85. The topological polar surface area (TPSA) is 34.1 Å². The Morgan fingerprint density at radius 2 is 1.90 bits per heavy atom. The summed E-state index contributed by atoms with van der Waals surface area (Å²) in [5.41, 5.74) is 2.27. The van der Waals surface area contributed by atoms with E-state index in [2.05, 4.69) is 6.92 Å². The fourth-order valence-corrected chi connectivity index (χ4v) is 3.91. The zero-order chi connectivity index (χ0) is 14.7. The lowest BCUT2D eigenvalue weighted by atomic mass is 10.1. The maximum Gasteiger partial charge on any atom is 0.185 e. The van der Waals surface area contributed by atoms with Crippen LogP contribution in [0, 0.1) is 13.8 Å². The van der Waals surface area contributed by atoms with Crippen molar-refractivity contribution < 1.29 is 9.00 Å². The summed E-state index contributed by atoms with van der Waals surface area (Å²) in [4.78, 5) is 14.8. The predicted octanol–water partition coefficient (Wildman–Crippen LogP) is 3.92. The second kappa shape index (κ2) is 6.46. The first kappa shape index (κ1) is 15.1. The van der Waals surface area contributed by atoms with Gasteiger partial charge in [0.05, 0.1) is 21.4 Å². The number of hydrogen-bond donors (Lipinski definition) is 0. The standard InChI is InChI=1S/C16H18O2S2/c1-4-13-6-8-16(19-13)15(17)10-20(18)14-7-5-11(2)12(3)9-14/h5-9H,4,10H2,1-3H3. The van der Waals surface area contributed by atoms with Crippen LogP contribution in [0.25, 0.3) is 0 Å². The van der Waals surface area contributed by atoms with E-state index in [-0.39, 0.29) is 11.5 Å². The molecule has 106 valence electrons. The molecule has 0 amide bonds. The number of hydrogen-bond acceptors (Lipinski definition) is 3. The molecule has 2 nitrogen and oxygen atoms in total. The molecule has 2 aromatic rings. The van der Waals surface area contributed by atoms with Gasteiger partial charge in [-0.1, -0.05) is 13.0 Å². The number of thiophene rings is 1. The van der Waals surface area contributed by atoms with Gasteiger partial charge in [0.1, 0.15) is 0 Å². The second-order valence-corrected chi connectivity index (χ2v) is 7.40. The number of rotatable bonds is 5. The third-order valence-corrected chi connectivity index (χ3v) is 5.86. The van der Waals surface area contributed by atoms with Crippen LogP contribution in [0.5, 0.6) is 0 Å². The van der Waals surface area contributed by atoms with E-state index >= 15 is 0 Å². The third kappa shape index (κ3) is 3.44. The Hall–Kier alpha value is -1.26. The average Bonchev–Trinajstić information content (AvgIpc) is 2.90. The van der Waals surface area contributed by atoms with Crippen molar-refractivity contribution >= 4 is 27.9 Å². The Bertz CT molecular complexity index is 656. The molecule has 1 aromatic carbocycles. The van der Waals surface area contributed by atoms with Crippen LogP contribution in [0.4, 0.5) is 0 Å². The van der Waals surface area contributed by atoms with E-state index in [1.54, 1.807) is 0 Å². The number of carbonyl (C=O) groups is 1. The van der Waals surface area contributed by atoms with E-state index < -0.39 is 10.8 Å². The van der Waals surface area contributed by atoms with Crippen LogP contribution in [0.2, 0.25) is 0 Å². The van der Waals surface area contributed by atoms with Crippen LogP contribution in [-0.2, 0) is 17.2 Å².